The van der Waals surface area contributed by atoms with Crippen molar-refractivity contribution in [1.29, 1.82) is 0 Å². The molecule has 0 bridgehead atoms. The summed E-state index contributed by atoms with van der Waals surface area (Å²) in [4.78, 5) is 11.2. The molecule has 0 amide bonds. The van der Waals surface area contributed by atoms with Gasteiger partial charge in [0.2, 0.25) is 0 Å². The molecular weight excluding hydrogens is 172 g/mol. The third-order valence-electron chi connectivity index (χ3n) is 3.94. The van der Waals surface area contributed by atoms with Gasteiger partial charge in [-0.25, -0.2) is 0 Å². The minimum absolute atomic E-state index is 0.278. The summed E-state index contributed by atoms with van der Waals surface area (Å²) in [5.41, 5.74) is 0. The van der Waals surface area contributed by atoms with Gasteiger partial charge < -0.3 is 0 Å². The van der Waals surface area contributed by atoms with Gasteiger partial charge in [-0.1, -0.05) is 46.0 Å². The second kappa shape index (κ2) is 5.53. The van der Waals surface area contributed by atoms with Gasteiger partial charge in [0.05, 0.1) is 0 Å². The van der Waals surface area contributed by atoms with Gasteiger partial charge in [-0.15, -0.1) is 0 Å². The SMILES string of the molecule is CCC(CC(C)C(C)=O)C1CCCC1. The van der Waals surface area contributed by atoms with E-state index in [9.17, 15) is 4.79 Å². The predicted molar refractivity (Wildman–Crippen MR) is 60.2 cm³/mol. The molecule has 0 radical (unpaired) electrons. The molecule has 2 unspecified atom stereocenters. The molecule has 1 aliphatic carbocycles. The second-order valence-electron chi connectivity index (χ2n) is 4.96. The van der Waals surface area contributed by atoms with Crippen molar-refractivity contribution < 1.29 is 4.79 Å². The molecule has 0 heterocycles. The van der Waals surface area contributed by atoms with Crippen molar-refractivity contribution in [2.45, 2.75) is 59.3 Å². The highest BCUT2D eigenvalue weighted by atomic mass is 16.1. The molecule has 1 rings (SSSR count). The van der Waals surface area contributed by atoms with Gasteiger partial charge >= 0.3 is 0 Å². The highest BCUT2D eigenvalue weighted by Gasteiger charge is 2.25. The average molecular weight is 196 g/mol. The predicted octanol–water partition coefficient (Wildman–Crippen LogP) is 3.82. The number of hydrogen-bond acceptors (Lipinski definition) is 1. The molecule has 0 saturated heterocycles. The third-order valence-corrected chi connectivity index (χ3v) is 3.94. The van der Waals surface area contributed by atoms with Gasteiger partial charge in [-0.05, 0) is 25.2 Å². The zero-order valence-electron chi connectivity index (χ0n) is 9.88. The summed E-state index contributed by atoms with van der Waals surface area (Å²) in [6, 6.07) is 0. The number of hydrogen-bond donors (Lipinski definition) is 0. The summed E-state index contributed by atoms with van der Waals surface area (Å²) < 4.78 is 0. The van der Waals surface area contributed by atoms with E-state index in [0.29, 0.717) is 5.78 Å². The first kappa shape index (κ1) is 11.7. The molecule has 1 saturated carbocycles. The Kier molecular flexibility index (Phi) is 4.64. The Morgan fingerprint density at radius 3 is 2.36 bits per heavy atom. The number of carbonyl (C=O) groups excluding carboxylic acids is 1. The van der Waals surface area contributed by atoms with Crippen molar-refractivity contribution in [1.82, 2.24) is 0 Å². The van der Waals surface area contributed by atoms with Crippen LogP contribution >= 0.6 is 0 Å². The van der Waals surface area contributed by atoms with Crippen LogP contribution in [-0.4, -0.2) is 5.78 Å². The molecule has 0 aromatic carbocycles. The molecular formula is C13H24O. The molecule has 1 fully saturated rings. The molecule has 1 heteroatoms. The minimum Gasteiger partial charge on any atom is -0.300 e. The molecule has 0 aliphatic heterocycles. The zero-order valence-corrected chi connectivity index (χ0v) is 9.88. The lowest BCUT2D eigenvalue weighted by atomic mass is 9.81. The fraction of sp³-hybridized carbons (Fsp3) is 0.923. The lowest BCUT2D eigenvalue weighted by Crippen LogP contribution is -2.18. The minimum atomic E-state index is 0.278. The van der Waals surface area contributed by atoms with Crippen LogP contribution in [0.15, 0.2) is 0 Å². The van der Waals surface area contributed by atoms with Crippen LogP contribution in [0, 0.1) is 17.8 Å². The normalized spacial score (nSPS) is 22.2. The van der Waals surface area contributed by atoms with Crippen molar-refractivity contribution in [2.24, 2.45) is 17.8 Å². The molecule has 2 atom stereocenters. The summed E-state index contributed by atoms with van der Waals surface area (Å²) in [6.07, 6.45) is 8.01. The van der Waals surface area contributed by atoms with Crippen molar-refractivity contribution >= 4 is 5.78 Å². The second-order valence-corrected chi connectivity index (χ2v) is 4.96. The first-order valence-electron chi connectivity index (χ1n) is 6.15. The Hall–Kier alpha value is -0.330. The number of rotatable bonds is 5. The van der Waals surface area contributed by atoms with Gasteiger partial charge in [-0.3, -0.25) is 4.79 Å². The van der Waals surface area contributed by atoms with Crippen LogP contribution in [0.5, 0.6) is 0 Å². The van der Waals surface area contributed by atoms with Crippen molar-refractivity contribution in [3.05, 3.63) is 0 Å². The van der Waals surface area contributed by atoms with Crippen LogP contribution < -0.4 is 0 Å². The van der Waals surface area contributed by atoms with Gasteiger partial charge in [-0.2, -0.15) is 0 Å². The van der Waals surface area contributed by atoms with Crippen molar-refractivity contribution in [3.8, 4) is 0 Å². The summed E-state index contributed by atoms with van der Waals surface area (Å²) in [5, 5.41) is 0. The summed E-state index contributed by atoms with van der Waals surface area (Å²) in [5.74, 6) is 2.36. The molecule has 0 spiro atoms. The third kappa shape index (κ3) is 3.11. The largest absolute Gasteiger partial charge is 0.300 e. The molecule has 0 aromatic rings. The Bertz CT molecular complexity index is 180. The van der Waals surface area contributed by atoms with E-state index >= 15 is 0 Å². The maximum atomic E-state index is 11.2. The lowest BCUT2D eigenvalue weighted by molar-refractivity contribution is -0.120. The smallest absolute Gasteiger partial charge is 0.132 e. The molecule has 1 nitrogen and oxygen atoms in total. The Labute approximate surface area is 88.3 Å². The van der Waals surface area contributed by atoms with Crippen LogP contribution in [0.4, 0.5) is 0 Å². The monoisotopic (exact) mass is 196 g/mol. The van der Waals surface area contributed by atoms with E-state index in [2.05, 4.69) is 13.8 Å². The maximum absolute atomic E-state index is 11.2. The quantitative estimate of drug-likeness (QED) is 0.653. The molecule has 82 valence electrons. The van der Waals surface area contributed by atoms with Crippen LogP contribution in [0.25, 0.3) is 0 Å². The topological polar surface area (TPSA) is 17.1 Å². The van der Waals surface area contributed by atoms with Gasteiger partial charge in [0.1, 0.15) is 5.78 Å². The van der Waals surface area contributed by atoms with Gasteiger partial charge in [0, 0.05) is 5.92 Å². The number of Topliss-reactive ketones (excluding diaryl/α,β-unsaturated/α-hetero) is 1. The standard InChI is InChI=1S/C13H24O/c1-4-12(9-10(2)11(3)14)13-7-5-6-8-13/h10,12-13H,4-9H2,1-3H3. The Morgan fingerprint density at radius 1 is 1.36 bits per heavy atom. The molecule has 14 heavy (non-hydrogen) atoms. The fourth-order valence-corrected chi connectivity index (χ4v) is 2.74. The first-order valence-corrected chi connectivity index (χ1v) is 6.15. The Morgan fingerprint density at radius 2 is 1.93 bits per heavy atom. The van der Waals surface area contributed by atoms with E-state index in [1.807, 2.05) is 0 Å². The van der Waals surface area contributed by atoms with Crippen LogP contribution in [-0.2, 0) is 4.79 Å². The summed E-state index contributed by atoms with van der Waals surface area (Å²) in [7, 11) is 0. The van der Waals surface area contributed by atoms with Crippen LogP contribution in [0.2, 0.25) is 0 Å². The van der Waals surface area contributed by atoms with E-state index in [1.54, 1.807) is 6.92 Å². The average Bonchev–Trinajstić information content (AvgIpc) is 2.66. The van der Waals surface area contributed by atoms with E-state index in [1.165, 1.54) is 32.1 Å². The molecule has 0 aromatic heterocycles. The first-order chi connectivity index (χ1) is 6.65. The van der Waals surface area contributed by atoms with Crippen molar-refractivity contribution in [2.75, 3.05) is 0 Å². The van der Waals surface area contributed by atoms with E-state index in [-0.39, 0.29) is 5.92 Å². The van der Waals surface area contributed by atoms with E-state index in [0.717, 1.165) is 18.3 Å². The molecule has 0 N–H and O–H groups in total. The van der Waals surface area contributed by atoms with Gasteiger partial charge in [0.15, 0.2) is 0 Å². The van der Waals surface area contributed by atoms with Crippen LogP contribution in [0.3, 0.4) is 0 Å². The molecule has 1 aliphatic rings. The number of ketones is 1. The number of carbonyl (C=O) groups is 1. The Balaban J connectivity index is 2.41. The van der Waals surface area contributed by atoms with Gasteiger partial charge in [0.25, 0.3) is 0 Å². The highest BCUT2D eigenvalue weighted by molar-refractivity contribution is 5.77. The van der Waals surface area contributed by atoms with E-state index < -0.39 is 0 Å². The summed E-state index contributed by atoms with van der Waals surface area (Å²) >= 11 is 0. The zero-order chi connectivity index (χ0) is 10.6. The van der Waals surface area contributed by atoms with Crippen LogP contribution in [0.1, 0.15) is 59.3 Å². The van der Waals surface area contributed by atoms with E-state index in [4.69, 9.17) is 0 Å². The van der Waals surface area contributed by atoms with Crippen molar-refractivity contribution in [3.63, 3.8) is 0 Å². The summed E-state index contributed by atoms with van der Waals surface area (Å²) in [6.45, 7) is 6.09. The maximum Gasteiger partial charge on any atom is 0.132 e. The lowest BCUT2D eigenvalue weighted by Gasteiger charge is -2.24. The fourth-order valence-electron chi connectivity index (χ4n) is 2.74. The highest BCUT2D eigenvalue weighted by Crippen LogP contribution is 2.36.